The Balaban J connectivity index is 2.88. The van der Waals surface area contributed by atoms with Crippen molar-refractivity contribution in [2.45, 2.75) is 33.6 Å². The normalized spacial score (nSPS) is 11.2. The molecule has 1 aromatic carbocycles. The summed E-state index contributed by atoms with van der Waals surface area (Å²) >= 11 is 0. The highest BCUT2D eigenvalue weighted by atomic mass is 32.2. The number of amides is 1. The highest BCUT2D eigenvalue weighted by Gasteiger charge is 2.19. The molecule has 0 atom stereocenters. The summed E-state index contributed by atoms with van der Waals surface area (Å²) in [5, 5.41) is 2.71. The number of carbonyl (C=O) groups excluding carboxylic acids is 1. The zero-order valence-corrected chi connectivity index (χ0v) is 14.0. The summed E-state index contributed by atoms with van der Waals surface area (Å²) in [6.07, 6.45) is 2.01. The molecule has 0 unspecified atom stereocenters. The molecule has 0 saturated heterocycles. The van der Waals surface area contributed by atoms with Gasteiger partial charge in [0, 0.05) is 19.5 Å². The van der Waals surface area contributed by atoms with Crippen molar-refractivity contribution >= 4 is 21.6 Å². The smallest absolute Gasteiger partial charge is 0.232 e. The van der Waals surface area contributed by atoms with Crippen LogP contribution in [0.25, 0.3) is 0 Å². The van der Waals surface area contributed by atoms with E-state index in [2.05, 4.69) is 5.32 Å². The molecule has 1 N–H and O–H groups in total. The van der Waals surface area contributed by atoms with Gasteiger partial charge < -0.3 is 5.32 Å². The van der Waals surface area contributed by atoms with Gasteiger partial charge in [0.1, 0.15) is 0 Å². The lowest BCUT2D eigenvalue weighted by molar-refractivity contribution is -0.121. The summed E-state index contributed by atoms with van der Waals surface area (Å²) < 4.78 is 25.4. The molecule has 0 aliphatic heterocycles. The van der Waals surface area contributed by atoms with Crippen molar-refractivity contribution in [3.63, 3.8) is 0 Å². The molecule has 6 heteroatoms. The molecule has 0 heterocycles. The van der Waals surface area contributed by atoms with E-state index < -0.39 is 10.0 Å². The van der Waals surface area contributed by atoms with Gasteiger partial charge in [0.2, 0.25) is 15.9 Å². The van der Waals surface area contributed by atoms with E-state index in [0.717, 1.165) is 11.1 Å². The Hall–Kier alpha value is -1.56. The third-order valence-electron chi connectivity index (χ3n) is 3.17. The molecule has 0 saturated carbocycles. The van der Waals surface area contributed by atoms with Crippen LogP contribution in [-0.4, -0.2) is 33.7 Å². The molecule has 0 radical (unpaired) electrons. The second-order valence-corrected chi connectivity index (χ2v) is 7.09. The van der Waals surface area contributed by atoms with Gasteiger partial charge in [0.25, 0.3) is 0 Å². The van der Waals surface area contributed by atoms with Crippen molar-refractivity contribution in [3.8, 4) is 0 Å². The van der Waals surface area contributed by atoms with Gasteiger partial charge in [-0.1, -0.05) is 12.1 Å². The minimum absolute atomic E-state index is 0.0492. The van der Waals surface area contributed by atoms with Gasteiger partial charge in [0.15, 0.2) is 0 Å². The van der Waals surface area contributed by atoms with Crippen molar-refractivity contribution in [2.24, 2.45) is 0 Å². The third kappa shape index (κ3) is 5.38. The van der Waals surface area contributed by atoms with Crippen molar-refractivity contribution in [1.29, 1.82) is 0 Å². The number of carbonyl (C=O) groups is 1. The standard InChI is InChI=1S/C15H24N2O3S/c1-5-16-15(18)7-6-10-17(21(4,19)20)14-11-12(2)8-9-13(14)3/h8-9,11H,5-7,10H2,1-4H3,(H,16,18). The van der Waals surface area contributed by atoms with Crippen LogP contribution in [0.4, 0.5) is 5.69 Å². The van der Waals surface area contributed by atoms with Gasteiger partial charge in [-0.05, 0) is 44.4 Å². The van der Waals surface area contributed by atoms with Crippen LogP contribution in [0.1, 0.15) is 30.9 Å². The second-order valence-electron chi connectivity index (χ2n) is 5.18. The zero-order valence-electron chi connectivity index (χ0n) is 13.1. The minimum atomic E-state index is -3.37. The number of aryl methyl sites for hydroxylation is 2. The van der Waals surface area contributed by atoms with Crippen LogP contribution in [0.5, 0.6) is 0 Å². The number of benzene rings is 1. The molecule has 5 nitrogen and oxygen atoms in total. The predicted molar refractivity (Wildman–Crippen MR) is 86.0 cm³/mol. The number of nitrogens with one attached hydrogen (secondary N) is 1. The quantitative estimate of drug-likeness (QED) is 0.837. The third-order valence-corrected chi connectivity index (χ3v) is 4.35. The molecule has 0 aliphatic carbocycles. The summed E-state index contributed by atoms with van der Waals surface area (Å²) in [6, 6.07) is 5.73. The number of hydrogen-bond acceptors (Lipinski definition) is 3. The highest BCUT2D eigenvalue weighted by Crippen LogP contribution is 2.24. The SMILES string of the molecule is CCNC(=O)CCCN(c1cc(C)ccc1C)S(C)(=O)=O. The van der Waals surface area contributed by atoms with Crippen LogP contribution < -0.4 is 9.62 Å². The maximum Gasteiger partial charge on any atom is 0.232 e. The Morgan fingerprint density at radius 3 is 2.52 bits per heavy atom. The fourth-order valence-electron chi connectivity index (χ4n) is 2.12. The monoisotopic (exact) mass is 312 g/mol. The van der Waals surface area contributed by atoms with Gasteiger partial charge in [-0.3, -0.25) is 9.10 Å². The minimum Gasteiger partial charge on any atom is -0.356 e. The van der Waals surface area contributed by atoms with Crippen molar-refractivity contribution < 1.29 is 13.2 Å². The molecule has 118 valence electrons. The van der Waals surface area contributed by atoms with Crippen LogP contribution in [0.15, 0.2) is 18.2 Å². The van der Waals surface area contributed by atoms with E-state index in [-0.39, 0.29) is 5.91 Å². The van der Waals surface area contributed by atoms with E-state index in [0.29, 0.717) is 31.6 Å². The van der Waals surface area contributed by atoms with E-state index in [4.69, 9.17) is 0 Å². The van der Waals surface area contributed by atoms with Gasteiger partial charge in [0.05, 0.1) is 11.9 Å². The van der Waals surface area contributed by atoms with Gasteiger partial charge >= 0.3 is 0 Å². The Morgan fingerprint density at radius 2 is 1.95 bits per heavy atom. The number of anilines is 1. The lowest BCUT2D eigenvalue weighted by atomic mass is 10.1. The first-order valence-electron chi connectivity index (χ1n) is 7.07. The van der Waals surface area contributed by atoms with Gasteiger partial charge in [-0.2, -0.15) is 0 Å². The van der Waals surface area contributed by atoms with E-state index in [9.17, 15) is 13.2 Å². The summed E-state index contributed by atoms with van der Waals surface area (Å²) in [5.74, 6) is -0.0492. The first kappa shape index (κ1) is 17.5. The molecule has 1 amide bonds. The number of hydrogen-bond donors (Lipinski definition) is 1. The molecule has 0 bridgehead atoms. The number of rotatable bonds is 7. The molecule has 21 heavy (non-hydrogen) atoms. The molecular weight excluding hydrogens is 288 g/mol. The van der Waals surface area contributed by atoms with Crippen LogP contribution in [0.3, 0.4) is 0 Å². The highest BCUT2D eigenvalue weighted by molar-refractivity contribution is 7.92. The van der Waals surface area contributed by atoms with Crippen LogP contribution in [0, 0.1) is 13.8 Å². The second kappa shape index (κ2) is 7.45. The fraction of sp³-hybridized carbons (Fsp3) is 0.533. The maximum absolute atomic E-state index is 12.0. The molecule has 0 aromatic heterocycles. The number of nitrogens with zero attached hydrogens (tertiary/aromatic N) is 1. The Labute approximate surface area is 127 Å². The summed E-state index contributed by atoms with van der Waals surface area (Å²) in [6.45, 7) is 6.57. The molecule has 0 aliphatic rings. The number of sulfonamides is 1. The van der Waals surface area contributed by atoms with Gasteiger partial charge in [-0.15, -0.1) is 0 Å². The predicted octanol–water partition coefficient (Wildman–Crippen LogP) is 1.99. The lowest BCUT2D eigenvalue weighted by Gasteiger charge is -2.24. The first-order chi connectivity index (χ1) is 9.75. The van der Waals surface area contributed by atoms with Crippen molar-refractivity contribution in [1.82, 2.24) is 5.32 Å². The summed E-state index contributed by atoms with van der Waals surface area (Å²) in [5.41, 5.74) is 2.60. The van der Waals surface area contributed by atoms with E-state index in [1.54, 1.807) is 0 Å². The van der Waals surface area contributed by atoms with Crippen molar-refractivity contribution in [3.05, 3.63) is 29.3 Å². The fourth-order valence-corrected chi connectivity index (χ4v) is 3.14. The van der Waals surface area contributed by atoms with E-state index >= 15 is 0 Å². The first-order valence-corrected chi connectivity index (χ1v) is 8.92. The zero-order chi connectivity index (χ0) is 16.0. The van der Waals surface area contributed by atoms with Crippen LogP contribution in [-0.2, 0) is 14.8 Å². The topological polar surface area (TPSA) is 66.5 Å². The summed E-state index contributed by atoms with van der Waals surface area (Å²) in [4.78, 5) is 11.5. The van der Waals surface area contributed by atoms with E-state index in [1.807, 2.05) is 39.0 Å². The van der Waals surface area contributed by atoms with Crippen molar-refractivity contribution in [2.75, 3.05) is 23.7 Å². The lowest BCUT2D eigenvalue weighted by Crippen LogP contribution is -2.32. The largest absolute Gasteiger partial charge is 0.356 e. The molecular formula is C15H24N2O3S. The molecule has 1 aromatic rings. The molecule has 0 spiro atoms. The maximum atomic E-state index is 12.0. The Bertz CT molecular complexity index is 597. The Kier molecular flexibility index (Phi) is 6.20. The average molecular weight is 312 g/mol. The Morgan fingerprint density at radius 1 is 1.29 bits per heavy atom. The van der Waals surface area contributed by atoms with E-state index in [1.165, 1.54) is 10.6 Å². The van der Waals surface area contributed by atoms with Crippen LogP contribution in [0.2, 0.25) is 0 Å². The van der Waals surface area contributed by atoms with Crippen LogP contribution >= 0.6 is 0 Å². The summed E-state index contributed by atoms with van der Waals surface area (Å²) in [7, 11) is -3.37. The average Bonchev–Trinajstić information content (AvgIpc) is 2.37. The van der Waals surface area contributed by atoms with Gasteiger partial charge in [-0.25, -0.2) is 8.42 Å². The molecule has 1 rings (SSSR count). The molecule has 0 fully saturated rings.